The molecule has 0 aromatic heterocycles. The van der Waals surface area contributed by atoms with Crippen molar-refractivity contribution in [1.29, 1.82) is 0 Å². The van der Waals surface area contributed by atoms with Gasteiger partial charge in [-0.05, 0) is 118 Å². The number of amides is 1. The van der Waals surface area contributed by atoms with Crippen LogP contribution in [0.15, 0.2) is 48.6 Å². The monoisotopic (exact) mass is 796 g/mol. The Balaban J connectivity index is 1.30. The molecule has 2 fully saturated rings. The van der Waals surface area contributed by atoms with Gasteiger partial charge < -0.3 is 19.1 Å². The number of anilines is 1. The molecule has 1 saturated heterocycles. The van der Waals surface area contributed by atoms with Crippen LogP contribution in [-0.2, 0) is 31.3 Å². The lowest BCUT2D eigenvalue weighted by Gasteiger charge is -2.52. The molecule has 2 aromatic rings. The summed E-state index contributed by atoms with van der Waals surface area (Å²) in [6.45, 7) is 13.5. The number of allylic oxidation sites excluding steroid dienone is 1. The Labute approximate surface area is 333 Å². The zero-order valence-corrected chi connectivity index (χ0v) is 35.0. The van der Waals surface area contributed by atoms with E-state index in [1.807, 2.05) is 32.2 Å². The number of hydrogen-bond donors (Lipinski definition) is 1. The van der Waals surface area contributed by atoms with E-state index in [1.54, 1.807) is 13.2 Å². The highest BCUT2D eigenvalue weighted by molar-refractivity contribution is 7.90. The fourth-order valence-corrected chi connectivity index (χ4v) is 12.1. The largest absolute Gasteiger partial charge is 0.490 e. The van der Waals surface area contributed by atoms with Gasteiger partial charge in [0.15, 0.2) is 0 Å². The molecule has 0 radical (unpaired) electrons. The number of hydrogen-bond acceptors (Lipinski definition) is 9. The van der Waals surface area contributed by atoms with Gasteiger partial charge in [0, 0.05) is 88.7 Å². The highest BCUT2D eigenvalue weighted by Crippen LogP contribution is 2.49. The third-order valence-corrected chi connectivity index (χ3v) is 15.8. The Hall–Kier alpha value is -2.67. The first-order chi connectivity index (χ1) is 26.4. The van der Waals surface area contributed by atoms with Gasteiger partial charge in [-0.1, -0.05) is 36.7 Å². The number of piperazine rings is 1. The van der Waals surface area contributed by atoms with Gasteiger partial charge in [-0.15, -0.1) is 0 Å². The number of carbonyl (C=O) groups excluding carboxylic acids is 1. The van der Waals surface area contributed by atoms with Gasteiger partial charge in [-0.25, -0.2) is 13.1 Å². The molecule has 2 aliphatic carbocycles. The molecule has 3 heterocycles. The van der Waals surface area contributed by atoms with Gasteiger partial charge in [0.2, 0.25) is 10.0 Å². The number of nitrogens with one attached hydrogen (secondary N) is 1. The smallest absolute Gasteiger partial charge is 0.264 e. The predicted octanol–water partition coefficient (Wildman–Crippen LogP) is 6.31. The summed E-state index contributed by atoms with van der Waals surface area (Å²) in [6.07, 6.45) is 10.3. The van der Waals surface area contributed by atoms with Crippen molar-refractivity contribution in [1.82, 2.24) is 14.5 Å². The summed E-state index contributed by atoms with van der Waals surface area (Å²) in [4.78, 5) is 21.4. The topological polar surface area (TPSA) is 101 Å². The number of rotatable bonds is 7. The Kier molecular flexibility index (Phi) is 12.3. The molecule has 6 atom stereocenters. The number of carbonyl (C=O) groups is 1. The maximum atomic E-state index is 14.0. The lowest BCUT2D eigenvalue weighted by atomic mass is 9.63. The van der Waals surface area contributed by atoms with Crippen LogP contribution in [0.5, 0.6) is 5.75 Å². The van der Waals surface area contributed by atoms with E-state index in [0.717, 1.165) is 82.1 Å². The van der Waals surface area contributed by atoms with Crippen LogP contribution < -0.4 is 14.4 Å². The second-order valence-corrected chi connectivity index (χ2v) is 19.5. The van der Waals surface area contributed by atoms with Crippen molar-refractivity contribution < 1.29 is 27.4 Å². The quantitative estimate of drug-likeness (QED) is 0.324. The zero-order valence-electron chi connectivity index (χ0n) is 33.4. The molecule has 10 nitrogen and oxygen atoms in total. The van der Waals surface area contributed by atoms with Crippen LogP contribution in [0.1, 0.15) is 80.8 Å². The van der Waals surface area contributed by atoms with Gasteiger partial charge in [-0.2, -0.15) is 0 Å². The zero-order chi connectivity index (χ0) is 39.0. The maximum absolute atomic E-state index is 14.0. The Morgan fingerprint density at radius 2 is 1.87 bits per heavy atom. The average Bonchev–Trinajstić information content (AvgIpc) is 3.29. The molecule has 302 valence electrons. The van der Waals surface area contributed by atoms with E-state index in [4.69, 9.17) is 25.8 Å². The first-order valence-electron chi connectivity index (χ1n) is 20.4. The Morgan fingerprint density at radius 3 is 2.58 bits per heavy atom. The lowest BCUT2D eigenvalue weighted by molar-refractivity contribution is -0.0961. The molecule has 55 heavy (non-hydrogen) atoms. The summed E-state index contributed by atoms with van der Waals surface area (Å²) in [5.74, 6) is 0.387. The number of methoxy groups -OCH3 is 2. The van der Waals surface area contributed by atoms with Crippen LogP contribution in [-0.4, -0.2) is 114 Å². The van der Waals surface area contributed by atoms with Gasteiger partial charge in [-0.3, -0.25) is 14.6 Å². The van der Waals surface area contributed by atoms with Crippen LogP contribution in [0.2, 0.25) is 5.02 Å². The molecular formula is C43H61ClN4O6S. The summed E-state index contributed by atoms with van der Waals surface area (Å²) in [5.41, 5.74) is 2.85. The molecule has 12 heteroatoms. The molecule has 2 bridgehead atoms. The number of ether oxygens (including phenoxy) is 3. The van der Waals surface area contributed by atoms with E-state index in [2.05, 4.69) is 57.6 Å². The minimum absolute atomic E-state index is 0.251. The van der Waals surface area contributed by atoms with Gasteiger partial charge in [0.1, 0.15) is 11.4 Å². The first kappa shape index (κ1) is 40.5. The SMILES string of the molecule is COCC[C@@H]1[C@@H](C)C/C=C\[C@@](CN2CCN(C(C)C)CC2)(OC)[C@@H]2CC[C@H]2CN2C[C@@]3(CCCc4cc(Cl)ccc43)COc3ccc(cc32)C(=O)NS1(=O)=O. The summed E-state index contributed by atoms with van der Waals surface area (Å²) < 4.78 is 49.4. The van der Waals surface area contributed by atoms with Gasteiger partial charge in [0.05, 0.1) is 17.5 Å². The number of sulfonamides is 1. The van der Waals surface area contributed by atoms with Crippen LogP contribution in [0.4, 0.5) is 5.69 Å². The highest BCUT2D eigenvalue weighted by atomic mass is 35.5. The Bertz CT molecular complexity index is 1830. The molecule has 5 aliphatic rings. The van der Waals surface area contributed by atoms with Crippen LogP contribution in [0.25, 0.3) is 0 Å². The van der Waals surface area contributed by atoms with E-state index < -0.39 is 26.8 Å². The van der Waals surface area contributed by atoms with Crippen LogP contribution in [0.3, 0.4) is 0 Å². The van der Waals surface area contributed by atoms with Crippen molar-refractivity contribution in [3.8, 4) is 5.75 Å². The summed E-state index contributed by atoms with van der Waals surface area (Å²) in [7, 11) is -0.635. The molecule has 2 aromatic carbocycles. The van der Waals surface area contributed by atoms with E-state index in [0.29, 0.717) is 42.8 Å². The molecular weight excluding hydrogens is 736 g/mol. The Morgan fingerprint density at radius 1 is 1.07 bits per heavy atom. The fraction of sp³-hybridized carbons (Fsp3) is 0.651. The van der Waals surface area contributed by atoms with Crippen molar-refractivity contribution in [3.05, 3.63) is 70.3 Å². The minimum Gasteiger partial charge on any atom is -0.490 e. The second kappa shape index (κ2) is 16.7. The van der Waals surface area contributed by atoms with Crippen molar-refractivity contribution >= 4 is 33.2 Å². The number of halogens is 1. The van der Waals surface area contributed by atoms with Crippen molar-refractivity contribution in [2.45, 2.75) is 88.0 Å². The fourth-order valence-electron chi connectivity index (χ4n) is 10.2. The molecule has 7 rings (SSSR count). The average molecular weight is 798 g/mol. The van der Waals surface area contributed by atoms with Crippen LogP contribution >= 0.6 is 11.6 Å². The van der Waals surface area contributed by atoms with E-state index >= 15 is 0 Å². The second-order valence-electron chi connectivity index (χ2n) is 17.2. The molecule has 1 amide bonds. The lowest BCUT2D eigenvalue weighted by Crippen LogP contribution is -2.59. The minimum atomic E-state index is -4.06. The number of benzene rings is 2. The van der Waals surface area contributed by atoms with E-state index in [-0.39, 0.29) is 30.3 Å². The number of aryl methyl sites for hydroxylation is 1. The summed E-state index contributed by atoms with van der Waals surface area (Å²) >= 11 is 6.52. The van der Waals surface area contributed by atoms with Crippen molar-refractivity contribution in [2.75, 3.05) is 78.1 Å². The van der Waals surface area contributed by atoms with Crippen LogP contribution in [0, 0.1) is 17.8 Å². The molecule has 1 spiro atoms. The first-order valence-corrected chi connectivity index (χ1v) is 22.3. The molecule has 3 aliphatic heterocycles. The number of fused-ring (bicyclic) bond motifs is 4. The summed E-state index contributed by atoms with van der Waals surface area (Å²) in [6, 6.07) is 12.2. The van der Waals surface area contributed by atoms with Gasteiger partial charge >= 0.3 is 0 Å². The van der Waals surface area contributed by atoms with E-state index in [9.17, 15) is 13.2 Å². The summed E-state index contributed by atoms with van der Waals surface area (Å²) in [5, 5.41) is -0.0816. The maximum Gasteiger partial charge on any atom is 0.264 e. The number of nitrogens with zero attached hydrogens (tertiary/aromatic N) is 3. The molecule has 1 saturated carbocycles. The standard InChI is InChI=1S/C43H61ClN4O6S/c1-30(2)47-21-19-46(20-22-47)28-43(53-5)18-6-8-31(3)40(16-23-52-4)55(50,51)45-41(49)33-11-15-39-38(25-33)48(26-34-10-13-37(34)43)27-42(29-54-39)17-7-9-32-24-35(44)12-14-36(32)42/h6,11-12,14-15,18,24-25,30-31,34,37,40H,7-10,13,16-17,19-23,26-29H2,1-5H3,(H,45,49)/b18-6-/t31-,34-,37+,40+,42-,43-/m0/s1. The van der Waals surface area contributed by atoms with E-state index in [1.165, 1.54) is 11.1 Å². The highest BCUT2D eigenvalue weighted by Gasteiger charge is 2.50. The van der Waals surface area contributed by atoms with Crippen molar-refractivity contribution in [2.24, 2.45) is 17.8 Å². The third-order valence-electron chi connectivity index (χ3n) is 13.6. The normalized spacial score (nSPS) is 32.1. The predicted molar refractivity (Wildman–Crippen MR) is 219 cm³/mol. The molecule has 1 N–H and O–H groups in total. The third kappa shape index (κ3) is 8.35. The van der Waals surface area contributed by atoms with Crippen molar-refractivity contribution in [3.63, 3.8) is 0 Å². The molecule has 0 unspecified atom stereocenters. The van der Waals surface area contributed by atoms with Gasteiger partial charge in [0.25, 0.3) is 5.91 Å².